The summed E-state index contributed by atoms with van der Waals surface area (Å²) in [6, 6.07) is 3.11. The Balaban J connectivity index is 2.22. The highest BCUT2D eigenvalue weighted by atomic mass is 19.1. The molecule has 1 aliphatic heterocycles. The Kier molecular flexibility index (Phi) is 5.54. The zero-order valence-corrected chi connectivity index (χ0v) is 13.9. The van der Waals surface area contributed by atoms with Gasteiger partial charge in [-0.05, 0) is 30.0 Å². The number of anilines is 1. The lowest BCUT2D eigenvalue weighted by Gasteiger charge is -2.27. The number of esters is 1. The molecule has 2 atom stereocenters. The van der Waals surface area contributed by atoms with Crippen molar-refractivity contribution in [3.8, 4) is 0 Å². The lowest BCUT2D eigenvalue weighted by Crippen LogP contribution is -2.45. The Morgan fingerprint density at radius 3 is 2.75 bits per heavy atom. The number of nitrogens with one attached hydrogen (secondary N) is 2. The van der Waals surface area contributed by atoms with Gasteiger partial charge in [0.15, 0.2) is 0 Å². The van der Waals surface area contributed by atoms with Gasteiger partial charge in [-0.2, -0.15) is 0 Å². The minimum Gasteiger partial charge on any atom is -0.467 e. The molecule has 0 unspecified atom stereocenters. The van der Waals surface area contributed by atoms with Gasteiger partial charge >= 0.3 is 5.97 Å². The van der Waals surface area contributed by atoms with Crippen molar-refractivity contribution < 1.29 is 23.5 Å². The number of methoxy groups -OCH3 is 1. The summed E-state index contributed by atoms with van der Waals surface area (Å²) in [5.74, 6) is -2.45. The Bertz CT molecular complexity index is 660. The van der Waals surface area contributed by atoms with E-state index in [9.17, 15) is 18.8 Å². The van der Waals surface area contributed by atoms with Crippen molar-refractivity contribution in [3.05, 3.63) is 29.6 Å². The zero-order valence-electron chi connectivity index (χ0n) is 13.9. The molecule has 130 valence electrons. The molecule has 1 aromatic rings. The first-order valence-electron chi connectivity index (χ1n) is 7.79. The van der Waals surface area contributed by atoms with E-state index in [1.54, 1.807) is 0 Å². The average molecular weight is 336 g/mol. The first-order valence-corrected chi connectivity index (χ1v) is 7.79. The van der Waals surface area contributed by atoms with E-state index in [-0.39, 0.29) is 23.9 Å². The zero-order chi connectivity index (χ0) is 17.9. The molecule has 2 amide bonds. The van der Waals surface area contributed by atoms with Crippen LogP contribution in [-0.2, 0) is 19.1 Å². The first-order chi connectivity index (χ1) is 11.3. The van der Waals surface area contributed by atoms with Crippen LogP contribution in [0.4, 0.5) is 10.1 Å². The average Bonchev–Trinajstić information content (AvgIpc) is 2.51. The highest BCUT2D eigenvalue weighted by Gasteiger charge is 2.33. The molecule has 0 aliphatic carbocycles. The number of halogens is 1. The molecule has 0 spiro atoms. The second-order valence-electron chi connectivity index (χ2n) is 6.25. The number of amides is 2. The molecule has 0 bridgehead atoms. The van der Waals surface area contributed by atoms with Gasteiger partial charge in [0.2, 0.25) is 11.8 Å². The van der Waals surface area contributed by atoms with E-state index in [4.69, 9.17) is 4.74 Å². The van der Waals surface area contributed by atoms with Crippen molar-refractivity contribution in [2.45, 2.75) is 38.6 Å². The second-order valence-corrected chi connectivity index (χ2v) is 6.25. The summed E-state index contributed by atoms with van der Waals surface area (Å²) < 4.78 is 18.1. The van der Waals surface area contributed by atoms with Crippen LogP contribution in [0.5, 0.6) is 0 Å². The maximum absolute atomic E-state index is 13.3. The summed E-state index contributed by atoms with van der Waals surface area (Å²) in [5.41, 5.74) is 0.812. The molecule has 24 heavy (non-hydrogen) atoms. The van der Waals surface area contributed by atoms with Gasteiger partial charge in [-0.3, -0.25) is 9.59 Å². The number of fused-ring (bicyclic) bond motifs is 1. The number of ether oxygens (including phenoxy) is 1. The highest BCUT2D eigenvalue weighted by molar-refractivity contribution is 6.01. The van der Waals surface area contributed by atoms with Crippen LogP contribution >= 0.6 is 0 Å². The van der Waals surface area contributed by atoms with Crippen LogP contribution in [0.3, 0.4) is 0 Å². The molecule has 1 heterocycles. The summed E-state index contributed by atoms with van der Waals surface area (Å²) >= 11 is 0. The van der Waals surface area contributed by atoms with Gasteiger partial charge in [-0.25, -0.2) is 9.18 Å². The van der Waals surface area contributed by atoms with Crippen LogP contribution in [0.1, 0.15) is 38.2 Å². The van der Waals surface area contributed by atoms with E-state index in [1.807, 2.05) is 13.8 Å². The van der Waals surface area contributed by atoms with Gasteiger partial charge in [0.25, 0.3) is 0 Å². The fourth-order valence-corrected chi connectivity index (χ4v) is 2.77. The Morgan fingerprint density at radius 1 is 1.42 bits per heavy atom. The first kappa shape index (κ1) is 17.9. The molecule has 0 saturated carbocycles. The largest absolute Gasteiger partial charge is 0.467 e. The van der Waals surface area contributed by atoms with Crippen molar-refractivity contribution >= 4 is 23.5 Å². The third-order valence-corrected chi connectivity index (χ3v) is 3.88. The van der Waals surface area contributed by atoms with Crippen LogP contribution in [0.25, 0.3) is 0 Å². The molecule has 0 fully saturated rings. The predicted molar refractivity (Wildman–Crippen MR) is 85.8 cm³/mol. The third-order valence-electron chi connectivity index (χ3n) is 3.88. The number of hydrogen-bond acceptors (Lipinski definition) is 4. The molecule has 1 aliphatic rings. The van der Waals surface area contributed by atoms with Gasteiger partial charge in [-0.15, -0.1) is 0 Å². The number of carbonyl (C=O) groups is 3. The molecule has 6 nitrogen and oxygen atoms in total. The lowest BCUT2D eigenvalue weighted by molar-refractivity contribution is -0.145. The van der Waals surface area contributed by atoms with Crippen LogP contribution < -0.4 is 10.6 Å². The monoisotopic (exact) mass is 336 g/mol. The smallest absolute Gasteiger partial charge is 0.328 e. The number of benzene rings is 1. The molecule has 7 heteroatoms. The van der Waals surface area contributed by atoms with Gasteiger partial charge in [0.05, 0.1) is 13.0 Å². The standard InChI is InChI=1S/C17H21FN2O4/c1-9(2)6-14(17(23)24-3)20-16(22)12-8-15(21)19-13-7-10(18)4-5-11(12)13/h4-5,7,9,12,14H,6,8H2,1-3H3,(H,19,21)(H,20,22)/t12-,14+/m0/s1. The molecule has 0 saturated heterocycles. The predicted octanol–water partition coefficient (Wildman–Crippen LogP) is 1.96. The van der Waals surface area contributed by atoms with E-state index in [0.29, 0.717) is 12.0 Å². The van der Waals surface area contributed by atoms with Gasteiger partial charge in [0, 0.05) is 12.1 Å². The Hall–Kier alpha value is -2.44. The van der Waals surface area contributed by atoms with E-state index < -0.39 is 29.7 Å². The van der Waals surface area contributed by atoms with Crippen molar-refractivity contribution in [2.24, 2.45) is 5.92 Å². The molecular weight excluding hydrogens is 315 g/mol. The SMILES string of the molecule is COC(=O)[C@@H](CC(C)C)NC(=O)[C@H]1CC(=O)Nc2cc(F)ccc21. The summed E-state index contributed by atoms with van der Waals surface area (Å²) in [7, 11) is 1.26. The van der Waals surface area contributed by atoms with Crippen molar-refractivity contribution in [1.29, 1.82) is 0 Å². The van der Waals surface area contributed by atoms with Crippen molar-refractivity contribution in [2.75, 3.05) is 12.4 Å². The van der Waals surface area contributed by atoms with Gasteiger partial charge in [0.1, 0.15) is 11.9 Å². The topological polar surface area (TPSA) is 84.5 Å². The van der Waals surface area contributed by atoms with Crippen LogP contribution in [0.15, 0.2) is 18.2 Å². The van der Waals surface area contributed by atoms with Crippen LogP contribution in [-0.4, -0.2) is 30.9 Å². The van der Waals surface area contributed by atoms with E-state index in [2.05, 4.69) is 10.6 Å². The minimum atomic E-state index is -0.781. The summed E-state index contributed by atoms with van der Waals surface area (Å²) in [4.78, 5) is 36.3. The second kappa shape index (κ2) is 7.42. The molecule has 1 aromatic carbocycles. The molecule has 2 rings (SSSR count). The van der Waals surface area contributed by atoms with Gasteiger partial charge < -0.3 is 15.4 Å². The molecule has 0 aromatic heterocycles. The van der Waals surface area contributed by atoms with Crippen LogP contribution in [0, 0.1) is 11.7 Å². The number of hydrogen-bond donors (Lipinski definition) is 2. The summed E-state index contributed by atoms with van der Waals surface area (Å²) in [6.07, 6.45) is 0.369. The van der Waals surface area contributed by atoms with E-state index in [1.165, 1.54) is 25.3 Å². The molecule has 2 N–H and O–H groups in total. The number of rotatable bonds is 5. The maximum Gasteiger partial charge on any atom is 0.328 e. The number of carbonyl (C=O) groups excluding carboxylic acids is 3. The van der Waals surface area contributed by atoms with E-state index >= 15 is 0 Å². The Morgan fingerprint density at radius 2 is 2.12 bits per heavy atom. The molecule has 0 radical (unpaired) electrons. The summed E-state index contributed by atoms with van der Waals surface area (Å²) in [5, 5.41) is 5.21. The maximum atomic E-state index is 13.3. The van der Waals surface area contributed by atoms with Crippen molar-refractivity contribution in [3.63, 3.8) is 0 Å². The quantitative estimate of drug-likeness (QED) is 0.805. The summed E-state index contributed by atoms with van der Waals surface area (Å²) in [6.45, 7) is 3.85. The third kappa shape index (κ3) is 4.10. The fraction of sp³-hybridized carbons (Fsp3) is 0.471. The Labute approximate surface area is 139 Å². The fourth-order valence-electron chi connectivity index (χ4n) is 2.77. The highest BCUT2D eigenvalue weighted by Crippen LogP contribution is 2.33. The van der Waals surface area contributed by atoms with Crippen molar-refractivity contribution in [1.82, 2.24) is 5.32 Å². The minimum absolute atomic E-state index is 0.0555. The lowest BCUT2D eigenvalue weighted by atomic mass is 9.89. The normalized spacial score (nSPS) is 17.7. The van der Waals surface area contributed by atoms with E-state index in [0.717, 1.165) is 0 Å². The van der Waals surface area contributed by atoms with Crippen LogP contribution in [0.2, 0.25) is 0 Å². The van der Waals surface area contributed by atoms with Gasteiger partial charge in [-0.1, -0.05) is 19.9 Å². The molecular formula is C17H21FN2O4.